The van der Waals surface area contributed by atoms with Crippen molar-refractivity contribution in [3.8, 4) is 11.5 Å². The van der Waals surface area contributed by atoms with Gasteiger partial charge in [-0.3, -0.25) is 0 Å². The predicted molar refractivity (Wildman–Crippen MR) is 85.2 cm³/mol. The Balaban J connectivity index is 1.80. The van der Waals surface area contributed by atoms with Crippen LogP contribution in [0.5, 0.6) is 11.5 Å². The Labute approximate surface area is 130 Å². The Bertz CT molecular complexity index is 606. The van der Waals surface area contributed by atoms with Gasteiger partial charge in [-0.25, -0.2) is 0 Å². The minimum absolute atomic E-state index is 0.211. The molecular weight excluding hydrogens is 284 g/mol. The summed E-state index contributed by atoms with van der Waals surface area (Å²) in [4.78, 5) is -0.211. The highest BCUT2D eigenvalue weighted by atomic mass is 35.5. The Morgan fingerprint density at radius 3 is 2.43 bits per heavy atom. The van der Waals surface area contributed by atoms with E-state index in [-0.39, 0.29) is 4.87 Å². The molecule has 0 heterocycles. The molecule has 2 nitrogen and oxygen atoms in total. The molecule has 0 N–H and O–H groups in total. The number of benzene rings is 2. The third-order valence-electron chi connectivity index (χ3n) is 4.06. The first-order valence-electron chi connectivity index (χ1n) is 7.25. The molecule has 1 fully saturated rings. The summed E-state index contributed by atoms with van der Waals surface area (Å²) in [7, 11) is 1.66. The Hall–Kier alpha value is -1.67. The normalized spacial score (nSPS) is 16.1. The summed E-state index contributed by atoms with van der Waals surface area (Å²) in [6.45, 7) is 0.524. The van der Waals surface area contributed by atoms with E-state index < -0.39 is 0 Å². The van der Waals surface area contributed by atoms with Crippen molar-refractivity contribution < 1.29 is 9.47 Å². The van der Waals surface area contributed by atoms with Gasteiger partial charge in [-0.15, -0.1) is 11.6 Å². The van der Waals surface area contributed by atoms with E-state index >= 15 is 0 Å². The lowest BCUT2D eigenvalue weighted by atomic mass is 9.79. The molecular formula is C18H19ClO2. The van der Waals surface area contributed by atoms with E-state index in [1.807, 2.05) is 48.5 Å². The predicted octanol–water partition coefficient (Wildman–Crippen LogP) is 4.89. The van der Waals surface area contributed by atoms with Gasteiger partial charge in [-0.2, -0.15) is 0 Å². The second-order valence-corrected chi connectivity index (χ2v) is 6.18. The topological polar surface area (TPSA) is 18.5 Å². The number of hydrogen-bond donors (Lipinski definition) is 0. The summed E-state index contributed by atoms with van der Waals surface area (Å²) in [6, 6.07) is 16.1. The van der Waals surface area contributed by atoms with Crippen LogP contribution >= 0.6 is 11.6 Å². The van der Waals surface area contributed by atoms with Crippen LogP contribution in [-0.4, -0.2) is 7.11 Å². The molecule has 0 radical (unpaired) electrons. The number of alkyl halides is 1. The fraction of sp³-hybridized carbons (Fsp3) is 0.333. The lowest BCUT2D eigenvalue weighted by Gasteiger charge is -2.36. The highest BCUT2D eigenvalue weighted by Gasteiger charge is 2.36. The van der Waals surface area contributed by atoms with E-state index in [1.165, 1.54) is 6.42 Å². The van der Waals surface area contributed by atoms with E-state index in [4.69, 9.17) is 21.1 Å². The second-order valence-electron chi connectivity index (χ2n) is 5.46. The Morgan fingerprint density at radius 1 is 1.05 bits per heavy atom. The van der Waals surface area contributed by atoms with Crippen LogP contribution in [0, 0.1) is 0 Å². The van der Waals surface area contributed by atoms with Crippen molar-refractivity contribution in [2.75, 3.05) is 7.11 Å². The average Bonchev–Trinajstić information content (AvgIpc) is 2.51. The first-order chi connectivity index (χ1) is 10.2. The molecule has 1 aliphatic rings. The Kier molecular flexibility index (Phi) is 4.07. The first-order valence-corrected chi connectivity index (χ1v) is 7.63. The third kappa shape index (κ3) is 3.01. The standard InChI is InChI=1S/C18H19ClO2/c1-20-16-9-8-15(18(19)10-5-11-18)12-17(16)21-13-14-6-3-2-4-7-14/h2-4,6-9,12H,5,10-11,13H2,1H3. The van der Waals surface area contributed by atoms with Gasteiger partial charge < -0.3 is 9.47 Å². The van der Waals surface area contributed by atoms with Crippen molar-refractivity contribution in [3.05, 3.63) is 59.7 Å². The second kappa shape index (κ2) is 5.98. The number of halogens is 1. The smallest absolute Gasteiger partial charge is 0.162 e. The van der Waals surface area contributed by atoms with Crippen molar-refractivity contribution in [2.45, 2.75) is 30.7 Å². The molecule has 0 aliphatic heterocycles. The van der Waals surface area contributed by atoms with Crippen LogP contribution in [0.25, 0.3) is 0 Å². The largest absolute Gasteiger partial charge is 0.493 e. The molecule has 0 spiro atoms. The summed E-state index contributed by atoms with van der Waals surface area (Å²) in [5.74, 6) is 1.50. The average molecular weight is 303 g/mol. The van der Waals surface area contributed by atoms with Crippen LogP contribution in [0.3, 0.4) is 0 Å². The van der Waals surface area contributed by atoms with Gasteiger partial charge in [0.25, 0.3) is 0 Å². The van der Waals surface area contributed by atoms with Crippen molar-refractivity contribution in [2.24, 2.45) is 0 Å². The molecule has 21 heavy (non-hydrogen) atoms. The van der Waals surface area contributed by atoms with Crippen LogP contribution < -0.4 is 9.47 Å². The Morgan fingerprint density at radius 2 is 1.81 bits per heavy atom. The van der Waals surface area contributed by atoms with Crippen molar-refractivity contribution >= 4 is 11.6 Å². The van der Waals surface area contributed by atoms with Gasteiger partial charge in [0, 0.05) is 0 Å². The maximum Gasteiger partial charge on any atom is 0.162 e. The molecule has 2 aromatic rings. The van der Waals surface area contributed by atoms with Gasteiger partial charge in [-0.1, -0.05) is 36.4 Å². The number of rotatable bonds is 5. The molecule has 110 valence electrons. The lowest BCUT2D eigenvalue weighted by Crippen LogP contribution is -2.27. The van der Waals surface area contributed by atoms with Gasteiger partial charge >= 0.3 is 0 Å². The zero-order chi connectivity index (χ0) is 14.7. The van der Waals surface area contributed by atoms with Crippen LogP contribution in [0.2, 0.25) is 0 Å². The number of methoxy groups -OCH3 is 1. The zero-order valence-corrected chi connectivity index (χ0v) is 12.9. The van der Waals surface area contributed by atoms with E-state index in [0.29, 0.717) is 6.61 Å². The van der Waals surface area contributed by atoms with E-state index in [9.17, 15) is 0 Å². The van der Waals surface area contributed by atoms with Gasteiger partial charge in [0.2, 0.25) is 0 Å². The highest BCUT2D eigenvalue weighted by molar-refractivity contribution is 6.24. The number of ether oxygens (including phenoxy) is 2. The third-order valence-corrected chi connectivity index (χ3v) is 4.66. The monoisotopic (exact) mass is 302 g/mol. The van der Waals surface area contributed by atoms with Crippen LogP contribution in [0.1, 0.15) is 30.4 Å². The molecule has 0 unspecified atom stereocenters. The fourth-order valence-corrected chi connectivity index (χ4v) is 2.96. The summed E-state index contributed by atoms with van der Waals surface area (Å²) in [5, 5.41) is 0. The zero-order valence-electron chi connectivity index (χ0n) is 12.1. The molecule has 0 amide bonds. The van der Waals surface area contributed by atoms with E-state index in [1.54, 1.807) is 7.11 Å². The SMILES string of the molecule is COc1ccc(C2(Cl)CCC2)cc1OCc1ccccc1. The molecule has 3 heteroatoms. The lowest BCUT2D eigenvalue weighted by molar-refractivity contribution is 0.282. The van der Waals surface area contributed by atoms with Crippen LogP contribution in [-0.2, 0) is 11.5 Å². The maximum atomic E-state index is 6.62. The molecule has 0 saturated heterocycles. The van der Waals surface area contributed by atoms with Crippen molar-refractivity contribution in [1.29, 1.82) is 0 Å². The minimum atomic E-state index is -0.211. The van der Waals surface area contributed by atoms with Crippen molar-refractivity contribution in [3.63, 3.8) is 0 Å². The van der Waals surface area contributed by atoms with Gasteiger partial charge in [-0.05, 0) is 42.5 Å². The van der Waals surface area contributed by atoms with Gasteiger partial charge in [0.05, 0.1) is 12.0 Å². The minimum Gasteiger partial charge on any atom is -0.493 e. The molecule has 3 rings (SSSR count). The molecule has 0 aromatic heterocycles. The molecule has 0 atom stereocenters. The van der Waals surface area contributed by atoms with Gasteiger partial charge in [0.1, 0.15) is 6.61 Å². The molecule has 1 aliphatic carbocycles. The van der Waals surface area contributed by atoms with Crippen LogP contribution in [0.15, 0.2) is 48.5 Å². The first kappa shape index (κ1) is 14.3. The van der Waals surface area contributed by atoms with Gasteiger partial charge in [0.15, 0.2) is 11.5 Å². The quantitative estimate of drug-likeness (QED) is 0.732. The maximum absolute atomic E-state index is 6.62. The molecule has 2 aromatic carbocycles. The number of hydrogen-bond acceptors (Lipinski definition) is 2. The summed E-state index contributed by atoms with van der Waals surface area (Å²) in [5.41, 5.74) is 2.26. The molecule has 1 saturated carbocycles. The van der Waals surface area contributed by atoms with E-state index in [0.717, 1.165) is 35.5 Å². The van der Waals surface area contributed by atoms with Crippen molar-refractivity contribution in [1.82, 2.24) is 0 Å². The van der Waals surface area contributed by atoms with Crippen LogP contribution in [0.4, 0.5) is 0 Å². The fourth-order valence-electron chi connectivity index (χ4n) is 2.58. The van der Waals surface area contributed by atoms with E-state index in [2.05, 4.69) is 0 Å². The summed E-state index contributed by atoms with van der Waals surface area (Å²) >= 11 is 6.62. The summed E-state index contributed by atoms with van der Waals surface area (Å²) < 4.78 is 11.3. The highest BCUT2D eigenvalue weighted by Crippen LogP contribution is 2.48. The summed E-state index contributed by atoms with van der Waals surface area (Å²) in [6.07, 6.45) is 3.24. The molecule has 0 bridgehead atoms.